The van der Waals surface area contributed by atoms with Crippen LogP contribution >= 0.6 is 0 Å². The van der Waals surface area contributed by atoms with Crippen LogP contribution in [0.5, 0.6) is 0 Å². The van der Waals surface area contributed by atoms with Gasteiger partial charge in [0.25, 0.3) is 0 Å². The Morgan fingerprint density at radius 1 is 0.778 bits per heavy atom. The number of carboxylic acids is 2. The Bertz CT molecular complexity index is 232. The van der Waals surface area contributed by atoms with E-state index in [1.165, 1.54) is 0 Å². The van der Waals surface area contributed by atoms with Gasteiger partial charge in [-0.15, -0.1) is 0 Å². The summed E-state index contributed by atoms with van der Waals surface area (Å²) in [7, 11) is 3.60. The Morgan fingerprint density at radius 3 is 1.39 bits per heavy atom. The summed E-state index contributed by atoms with van der Waals surface area (Å²) < 4.78 is 0. The second kappa shape index (κ2) is 9.85. The second-order valence-electron chi connectivity index (χ2n) is 4.68. The van der Waals surface area contributed by atoms with E-state index >= 15 is 0 Å². The van der Waals surface area contributed by atoms with Gasteiger partial charge in [0, 0.05) is 0 Å². The Hall–Kier alpha value is -1.14. The van der Waals surface area contributed by atoms with Gasteiger partial charge in [0.05, 0.1) is 13.1 Å². The summed E-state index contributed by atoms with van der Waals surface area (Å²) in [4.78, 5) is 24.4. The second-order valence-corrected chi connectivity index (χ2v) is 4.68. The highest BCUT2D eigenvalue weighted by atomic mass is 16.4. The van der Waals surface area contributed by atoms with E-state index < -0.39 is 11.9 Å². The van der Waals surface area contributed by atoms with Crippen molar-refractivity contribution in [2.45, 2.75) is 25.7 Å². The van der Waals surface area contributed by atoms with Crippen LogP contribution in [0.2, 0.25) is 0 Å². The third-order valence-corrected chi connectivity index (χ3v) is 2.64. The van der Waals surface area contributed by atoms with Crippen LogP contribution in [0.3, 0.4) is 0 Å². The molecule has 0 aliphatic rings. The molecule has 0 fully saturated rings. The molecule has 0 saturated carbocycles. The Labute approximate surface area is 108 Å². The first-order chi connectivity index (χ1) is 8.41. The monoisotopic (exact) mass is 260 g/mol. The van der Waals surface area contributed by atoms with Crippen LogP contribution in [0.15, 0.2) is 0 Å². The van der Waals surface area contributed by atoms with Gasteiger partial charge >= 0.3 is 11.9 Å². The molecule has 2 N–H and O–H groups in total. The molecule has 0 saturated heterocycles. The van der Waals surface area contributed by atoms with Crippen LogP contribution in [0, 0.1) is 0 Å². The molecular formula is C12H24N2O4. The first kappa shape index (κ1) is 16.9. The molecule has 0 spiro atoms. The molecule has 0 amide bonds. The van der Waals surface area contributed by atoms with E-state index in [-0.39, 0.29) is 13.1 Å². The number of unbranched alkanes of at least 4 members (excludes halogenated alkanes) is 3. The first-order valence-electron chi connectivity index (χ1n) is 6.22. The lowest BCUT2D eigenvalue weighted by atomic mass is 10.2. The van der Waals surface area contributed by atoms with Crippen molar-refractivity contribution in [1.29, 1.82) is 0 Å². The lowest BCUT2D eigenvalue weighted by molar-refractivity contribution is -0.139. The SMILES string of the molecule is CN(CCCCCCN(C)CC(=O)O)CC(=O)O. The molecule has 0 aromatic rings. The molecule has 106 valence electrons. The van der Waals surface area contributed by atoms with Gasteiger partial charge < -0.3 is 10.2 Å². The van der Waals surface area contributed by atoms with Gasteiger partial charge in [0.2, 0.25) is 0 Å². The van der Waals surface area contributed by atoms with Crippen LogP contribution in [-0.2, 0) is 9.59 Å². The first-order valence-corrected chi connectivity index (χ1v) is 6.22. The lowest BCUT2D eigenvalue weighted by Crippen LogP contribution is -2.27. The predicted octanol–water partition coefficient (Wildman–Crippen LogP) is 0.580. The van der Waals surface area contributed by atoms with Crippen molar-refractivity contribution >= 4 is 11.9 Å². The zero-order valence-electron chi connectivity index (χ0n) is 11.3. The third kappa shape index (κ3) is 11.3. The van der Waals surface area contributed by atoms with E-state index in [1.54, 1.807) is 23.9 Å². The quantitative estimate of drug-likeness (QED) is 0.529. The van der Waals surface area contributed by atoms with Crippen LogP contribution in [0.25, 0.3) is 0 Å². The van der Waals surface area contributed by atoms with Crippen molar-refractivity contribution < 1.29 is 19.8 Å². The van der Waals surface area contributed by atoms with Gasteiger partial charge in [-0.2, -0.15) is 0 Å². The molecule has 18 heavy (non-hydrogen) atoms. The van der Waals surface area contributed by atoms with E-state index in [4.69, 9.17) is 10.2 Å². The summed E-state index contributed by atoms with van der Waals surface area (Å²) in [5, 5.41) is 17.1. The minimum Gasteiger partial charge on any atom is -0.480 e. The minimum atomic E-state index is -0.798. The van der Waals surface area contributed by atoms with E-state index in [0.717, 1.165) is 38.8 Å². The van der Waals surface area contributed by atoms with Crippen molar-refractivity contribution in [2.24, 2.45) is 0 Å². The molecule has 0 aromatic carbocycles. The normalized spacial score (nSPS) is 11.1. The summed E-state index contributed by atoms with van der Waals surface area (Å²) in [5.74, 6) is -1.60. The van der Waals surface area contributed by atoms with Gasteiger partial charge in [-0.1, -0.05) is 12.8 Å². The minimum absolute atomic E-state index is 0.0847. The average Bonchev–Trinajstić information content (AvgIpc) is 2.20. The topological polar surface area (TPSA) is 81.1 Å². The molecule has 0 heterocycles. The summed E-state index contributed by atoms with van der Waals surface area (Å²) in [6.45, 7) is 1.75. The van der Waals surface area contributed by atoms with Crippen LogP contribution in [0.4, 0.5) is 0 Å². The van der Waals surface area contributed by atoms with Crippen molar-refractivity contribution in [3.8, 4) is 0 Å². The highest BCUT2D eigenvalue weighted by Crippen LogP contribution is 2.02. The largest absolute Gasteiger partial charge is 0.480 e. The summed E-state index contributed by atoms with van der Waals surface area (Å²) >= 11 is 0. The van der Waals surface area contributed by atoms with Gasteiger partial charge in [-0.3, -0.25) is 19.4 Å². The molecule has 0 rings (SSSR count). The number of likely N-dealkylation sites (N-methyl/N-ethyl adjacent to an activating group) is 2. The molecule has 6 heteroatoms. The molecule has 6 nitrogen and oxygen atoms in total. The number of hydrogen-bond acceptors (Lipinski definition) is 4. The number of carbonyl (C=O) groups is 2. The zero-order chi connectivity index (χ0) is 14.0. The number of hydrogen-bond donors (Lipinski definition) is 2. The van der Waals surface area contributed by atoms with Gasteiger partial charge in [-0.25, -0.2) is 0 Å². The summed E-state index contributed by atoms with van der Waals surface area (Å²) in [5.41, 5.74) is 0. The van der Waals surface area contributed by atoms with Crippen molar-refractivity contribution in [2.75, 3.05) is 40.3 Å². The maximum atomic E-state index is 10.4. The number of aliphatic carboxylic acids is 2. The van der Waals surface area contributed by atoms with Crippen molar-refractivity contribution in [3.05, 3.63) is 0 Å². The Morgan fingerprint density at radius 2 is 1.11 bits per heavy atom. The van der Waals surface area contributed by atoms with Crippen molar-refractivity contribution in [3.63, 3.8) is 0 Å². The molecule has 0 atom stereocenters. The maximum Gasteiger partial charge on any atom is 0.317 e. The molecule has 0 aliphatic heterocycles. The molecule has 0 aromatic heterocycles. The van der Waals surface area contributed by atoms with E-state index in [9.17, 15) is 9.59 Å². The van der Waals surface area contributed by atoms with Gasteiger partial charge in [0.1, 0.15) is 0 Å². The highest BCUT2D eigenvalue weighted by Gasteiger charge is 2.04. The van der Waals surface area contributed by atoms with Gasteiger partial charge in [0.15, 0.2) is 0 Å². The number of nitrogens with zero attached hydrogens (tertiary/aromatic N) is 2. The Balaban J connectivity index is 3.35. The highest BCUT2D eigenvalue weighted by molar-refractivity contribution is 5.69. The van der Waals surface area contributed by atoms with Crippen LogP contribution in [0.1, 0.15) is 25.7 Å². The summed E-state index contributed by atoms with van der Waals surface area (Å²) in [6, 6.07) is 0. The molecule has 0 bridgehead atoms. The van der Waals surface area contributed by atoms with Crippen molar-refractivity contribution in [1.82, 2.24) is 9.80 Å². The van der Waals surface area contributed by atoms with E-state index in [0.29, 0.717) is 0 Å². The fourth-order valence-corrected chi connectivity index (χ4v) is 1.74. The zero-order valence-corrected chi connectivity index (χ0v) is 11.3. The molecule has 0 aliphatic carbocycles. The Kier molecular flexibility index (Phi) is 9.22. The fourth-order valence-electron chi connectivity index (χ4n) is 1.74. The van der Waals surface area contributed by atoms with Crippen LogP contribution in [-0.4, -0.2) is 72.2 Å². The smallest absolute Gasteiger partial charge is 0.317 e. The molecule has 0 unspecified atom stereocenters. The standard InChI is InChI=1S/C12H24N2O4/c1-13(9-11(15)16)7-5-3-4-6-8-14(2)10-12(17)18/h3-10H2,1-2H3,(H,15,16)(H,17,18). The third-order valence-electron chi connectivity index (χ3n) is 2.64. The average molecular weight is 260 g/mol. The van der Waals surface area contributed by atoms with Gasteiger partial charge in [-0.05, 0) is 40.0 Å². The van der Waals surface area contributed by atoms with E-state index in [1.807, 2.05) is 0 Å². The number of carboxylic acid groups (broad SMARTS) is 2. The maximum absolute atomic E-state index is 10.4. The lowest BCUT2D eigenvalue weighted by Gasteiger charge is -2.15. The predicted molar refractivity (Wildman–Crippen MR) is 68.7 cm³/mol. The van der Waals surface area contributed by atoms with Crippen LogP contribution < -0.4 is 0 Å². The fraction of sp³-hybridized carbons (Fsp3) is 0.833. The molecule has 0 radical (unpaired) electrons. The van der Waals surface area contributed by atoms with E-state index in [2.05, 4.69) is 0 Å². The number of rotatable bonds is 11. The molecular weight excluding hydrogens is 236 g/mol. The summed E-state index contributed by atoms with van der Waals surface area (Å²) in [6.07, 6.45) is 4.05.